The average Bonchev–Trinajstić information content (AvgIpc) is 3.19. The van der Waals surface area contributed by atoms with E-state index in [-0.39, 0.29) is 5.75 Å². The van der Waals surface area contributed by atoms with Crippen LogP contribution in [0.2, 0.25) is 5.02 Å². The van der Waals surface area contributed by atoms with Gasteiger partial charge in [-0.25, -0.2) is 9.78 Å². The Morgan fingerprint density at radius 3 is 2.47 bits per heavy atom. The molecule has 0 aliphatic carbocycles. The molecule has 2 aromatic carbocycles. The Morgan fingerprint density at radius 1 is 1.18 bits per heavy atom. The van der Waals surface area contributed by atoms with Crippen LogP contribution in [-0.4, -0.2) is 53.5 Å². The number of likely N-dealkylation sites (tertiary alicyclic amines) is 1. The summed E-state index contributed by atoms with van der Waals surface area (Å²) in [6, 6.07) is 9.45. The molecular weight excluding hydrogens is 478 g/mol. The summed E-state index contributed by atoms with van der Waals surface area (Å²) in [5.74, 6) is 1.59. The SMILES string of the molecule is CCOc1cc(CN2CCC(Nc3nc4cc(OC(=O)O)ccc4s3)CC2)cc(OCC)c1Cl. The van der Waals surface area contributed by atoms with E-state index in [2.05, 4.69) is 15.2 Å². The van der Waals surface area contributed by atoms with Gasteiger partial charge in [0.05, 0.1) is 23.4 Å². The number of piperidine rings is 1. The first-order valence-electron chi connectivity index (χ1n) is 11.3. The van der Waals surface area contributed by atoms with Gasteiger partial charge in [-0.2, -0.15) is 0 Å². The highest BCUT2D eigenvalue weighted by atomic mass is 35.5. The van der Waals surface area contributed by atoms with Gasteiger partial charge in [-0.3, -0.25) is 4.90 Å². The lowest BCUT2D eigenvalue weighted by molar-refractivity contribution is 0.144. The highest BCUT2D eigenvalue weighted by Gasteiger charge is 2.21. The van der Waals surface area contributed by atoms with E-state index in [4.69, 9.17) is 30.9 Å². The molecule has 1 aliphatic heterocycles. The lowest BCUT2D eigenvalue weighted by Crippen LogP contribution is -2.38. The van der Waals surface area contributed by atoms with Gasteiger partial charge >= 0.3 is 6.16 Å². The largest absolute Gasteiger partial charge is 0.511 e. The van der Waals surface area contributed by atoms with Crippen molar-refractivity contribution in [3.8, 4) is 17.2 Å². The zero-order valence-electron chi connectivity index (χ0n) is 19.2. The van der Waals surface area contributed by atoms with Crippen LogP contribution < -0.4 is 19.5 Å². The molecule has 0 atom stereocenters. The summed E-state index contributed by atoms with van der Waals surface area (Å²) in [5, 5.41) is 13.7. The summed E-state index contributed by atoms with van der Waals surface area (Å²) in [6.45, 7) is 7.69. The summed E-state index contributed by atoms with van der Waals surface area (Å²) >= 11 is 7.98. The van der Waals surface area contributed by atoms with Gasteiger partial charge in [0.1, 0.15) is 22.3 Å². The molecule has 4 rings (SSSR count). The molecule has 10 heteroatoms. The molecule has 2 heterocycles. The van der Waals surface area contributed by atoms with Crippen LogP contribution in [0, 0.1) is 0 Å². The average molecular weight is 506 g/mol. The van der Waals surface area contributed by atoms with Gasteiger partial charge in [0, 0.05) is 31.7 Å². The van der Waals surface area contributed by atoms with Gasteiger partial charge in [0.15, 0.2) is 5.13 Å². The molecule has 1 fully saturated rings. The number of ether oxygens (including phenoxy) is 3. The van der Waals surface area contributed by atoms with Gasteiger partial charge in [0.25, 0.3) is 0 Å². The first-order valence-corrected chi connectivity index (χ1v) is 12.5. The maximum absolute atomic E-state index is 10.7. The van der Waals surface area contributed by atoms with Crippen molar-refractivity contribution in [1.29, 1.82) is 0 Å². The first kappa shape index (κ1) is 24.4. The Morgan fingerprint density at radius 2 is 1.85 bits per heavy atom. The van der Waals surface area contributed by atoms with Crippen LogP contribution in [0.1, 0.15) is 32.3 Å². The Bertz CT molecular complexity index is 1120. The molecule has 2 N–H and O–H groups in total. The van der Waals surface area contributed by atoms with Crippen molar-refractivity contribution in [3.05, 3.63) is 40.9 Å². The monoisotopic (exact) mass is 505 g/mol. The van der Waals surface area contributed by atoms with Crippen molar-refractivity contribution in [1.82, 2.24) is 9.88 Å². The smallest absolute Gasteiger partial charge is 0.492 e. The van der Waals surface area contributed by atoms with E-state index in [0.29, 0.717) is 35.8 Å². The zero-order chi connectivity index (χ0) is 24.1. The number of aromatic nitrogens is 1. The van der Waals surface area contributed by atoms with Gasteiger partial charge < -0.3 is 24.6 Å². The summed E-state index contributed by atoms with van der Waals surface area (Å²) < 4.78 is 17.1. The standard InChI is InChI=1S/C24H28ClN3O5S/c1-3-31-19-11-15(12-20(22(19)25)32-4-2)14-28-9-7-16(8-10-28)26-23-27-18-13-17(33-24(29)30)5-6-21(18)34-23/h5-6,11-13,16H,3-4,7-10,14H2,1-2H3,(H,26,27)(H,29,30). The number of nitrogens with zero attached hydrogens (tertiary/aromatic N) is 2. The van der Waals surface area contributed by atoms with Crippen LogP contribution in [0.5, 0.6) is 17.2 Å². The fourth-order valence-corrected chi connectivity index (χ4v) is 5.18. The number of thiazole rings is 1. The summed E-state index contributed by atoms with van der Waals surface area (Å²) in [6.07, 6.45) is 0.655. The molecule has 182 valence electrons. The molecule has 1 aliphatic rings. The van der Waals surface area contributed by atoms with Crippen LogP contribution >= 0.6 is 22.9 Å². The van der Waals surface area contributed by atoms with Crippen LogP contribution in [0.15, 0.2) is 30.3 Å². The Labute approximate surface area is 207 Å². The molecule has 8 nitrogen and oxygen atoms in total. The van der Waals surface area contributed by atoms with E-state index in [1.54, 1.807) is 23.5 Å². The van der Waals surface area contributed by atoms with E-state index in [9.17, 15) is 4.79 Å². The van der Waals surface area contributed by atoms with Crippen molar-refractivity contribution in [2.75, 3.05) is 31.6 Å². The quantitative estimate of drug-likeness (QED) is 0.275. The third-order valence-corrected chi connectivity index (χ3v) is 6.89. The number of halogens is 1. The predicted octanol–water partition coefficient (Wildman–Crippen LogP) is 5.88. The third kappa shape index (κ3) is 6.02. The maximum Gasteiger partial charge on any atom is 0.511 e. The molecule has 1 saturated heterocycles. The van der Waals surface area contributed by atoms with Crippen LogP contribution in [0.4, 0.5) is 9.93 Å². The molecule has 1 aromatic heterocycles. The van der Waals surface area contributed by atoms with E-state index in [0.717, 1.165) is 53.4 Å². The van der Waals surface area contributed by atoms with Gasteiger partial charge in [0.2, 0.25) is 0 Å². The van der Waals surface area contributed by atoms with E-state index >= 15 is 0 Å². The number of rotatable bonds is 9. The fraction of sp³-hybridized carbons (Fsp3) is 0.417. The second kappa shape index (κ2) is 11.1. The minimum Gasteiger partial charge on any atom is -0.492 e. The number of benzene rings is 2. The lowest BCUT2D eigenvalue weighted by Gasteiger charge is -2.32. The topological polar surface area (TPSA) is 93.2 Å². The lowest BCUT2D eigenvalue weighted by atomic mass is 10.0. The van der Waals surface area contributed by atoms with E-state index < -0.39 is 6.16 Å². The number of carboxylic acid groups (broad SMARTS) is 1. The van der Waals surface area contributed by atoms with Gasteiger partial charge in [-0.05, 0) is 56.5 Å². The molecule has 0 bridgehead atoms. The van der Waals surface area contributed by atoms with Crippen LogP contribution in [0.3, 0.4) is 0 Å². The second-order valence-electron chi connectivity index (χ2n) is 7.98. The summed E-state index contributed by atoms with van der Waals surface area (Å²) in [7, 11) is 0. The van der Waals surface area contributed by atoms with Crippen molar-refractivity contribution in [2.45, 2.75) is 39.3 Å². The summed E-state index contributed by atoms with van der Waals surface area (Å²) in [4.78, 5) is 17.8. The van der Waals surface area contributed by atoms with E-state index in [1.165, 1.54) is 0 Å². The van der Waals surface area contributed by atoms with Crippen molar-refractivity contribution < 1.29 is 24.1 Å². The fourth-order valence-electron chi connectivity index (χ4n) is 4.04. The molecular formula is C24H28ClN3O5S. The van der Waals surface area contributed by atoms with Gasteiger partial charge in [-0.1, -0.05) is 22.9 Å². The number of hydrogen-bond acceptors (Lipinski definition) is 8. The van der Waals surface area contributed by atoms with E-state index in [1.807, 2.05) is 32.0 Å². The third-order valence-electron chi connectivity index (χ3n) is 5.55. The normalized spacial score (nSPS) is 14.8. The van der Waals surface area contributed by atoms with Gasteiger partial charge in [-0.15, -0.1) is 0 Å². The number of hydrogen-bond donors (Lipinski definition) is 2. The molecule has 34 heavy (non-hydrogen) atoms. The summed E-state index contributed by atoms with van der Waals surface area (Å²) in [5.41, 5.74) is 1.84. The Hall–Kier alpha value is -2.75. The van der Waals surface area contributed by atoms with Crippen LogP contribution in [-0.2, 0) is 6.54 Å². The van der Waals surface area contributed by atoms with Crippen molar-refractivity contribution in [2.24, 2.45) is 0 Å². The zero-order valence-corrected chi connectivity index (χ0v) is 20.7. The Kier molecular flexibility index (Phi) is 7.97. The molecule has 0 saturated carbocycles. The second-order valence-corrected chi connectivity index (χ2v) is 9.39. The number of fused-ring (bicyclic) bond motifs is 1. The maximum atomic E-state index is 10.7. The van der Waals surface area contributed by atoms with Crippen molar-refractivity contribution in [3.63, 3.8) is 0 Å². The minimum absolute atomic E-state index is 0.271. The molecule has 0 unspecified atom stereocenters. The predicted molar refractivity (Wildman–Crippen MR) is 134 cm³/mol. The number of anilines is 1. The highest BCUT2D eigenvalue weighted by Crippen LogP contribution is 2.36. The van der Waals surface area contributed by atoms with Crippen molar-refractivity contribution >= 4 is 44.4 Å². The minimum atomic E-state index is -1.33. The highest BCUT2D eigenvalue weighted by molar-refractivity contribution is 7.22. The van der Waals surface area contributed by atoms with Crippen LogP contribution in [0.25, 0.3) is 10.2 Å². The first-order chi connectivity index (χ1) is 16.4. The number of carbonyl (C=O) groups is 1. The molecule has 0 amide bonds. The Balaban J connectivity index is 1.35. The molecule has 0 radical (unpaired) electrons. The number of nitrogens with one attached hydrogen (secondary N) is 1. The molecule has 3 aromatic rings. The molecule has 0 spiro atoms.